The number of rotatable bonds is 4. The van der Waals surface area contributed by atoms with Crippen molar-refractivity contribution >= 4 is 21.9 Å². The van der Waals surface area contributed by atoms with E-state index < -0.39 is 0 Å². The molecule has 0 spiro atoms. The molecule has 0 atom stereocenters. The van der Waals surface area contributed by atoms with Gasteiger partial charge in [-0.1, -0.05) is 5.16 Å². The monoisotopic (exact) mass is 297 g/mol. The van der Waals surface area contributed by atoms with Crippen LogP contribution in [-0.2, 0) is 0 Å². The third-order valence-corrected chi connectivity index (χ3v) is 2.78. The number of ether oxygens (including phenoxy) is 1. The smallest absolute Gasteiger partial charge is 0.321 e. The molecule has 0 bridgehead atoms. The molecular weight excluding hydrogens is 286 g/mol. The van der Waals surface area contributed by atoms with E-state index in [-0.39, 0.29) is 0 Å². The summed E-state index contributed by atoms with van der Waals surface area (Å²) in [6, 6.07) is 6.04. The van der Waals surface area contributed by atoms with Crippen molar-refractivity contribution in [3.63, 3.8) is 0 Å². The van der Waals surface area contributed by atoms with E-state index in [2.05, 4.69) is 31.4 Å². The van der Waals surface area contributed by atoms with Crippen molar-refractivity contribution in [2.45, 2.75) is 6.92 Å². The number of anilines is 1. The predicted octanol–water partition coefficient (Wildman–Crippen LogP) is 2.94. The summed E-state index contributed by atoms with van der Waals surface area (Å²) in [5.41, 5.74) is 0.866. The Morgan fingerprint density at radius 1 is 1.47 bits per heavy atom. The van der Waals surface area contributed by atoms with Crippen LogP contribution in [0.4, 0.5) is 6.01 Å². The molecule has 0 aliphatic rings. The molecule has 0 radical (unpaired) electrons. The van der Waals surface area contributed by atoms with Gasteiger partial charge in [-0.25, -0.2) is 0 Å². The summed E-state index contributed by atoms with van der Waals surface area (Å²) in [4.78, 5) is 4.22. The summed E-state index contributed by atoms with van der Waals surface area (Å²) in [6.45, 7) is 2.71. The lowest BCUT2D eigenvalue weighted by molar-refractivity contribution is 0.412. The molecule has 0 aliphatic carbocycles. The first-order valence-electron chi connectivity index (χ1n) is 5.16. The average molecular weight is 298 g/mol. The molecule has 1 aromatic carbocycles. The second-order valence-electron chi connectivity index (χ2n) is 3.30. The van der Waals surface area contributed by atoms with Gasteiger partial charge in [0, 0.05) is 12.1 Å². The van der Waals surface area contributed by atoms with Gasteiger partial charge in [-0.05, 0) is 41.1 Å². The van der Waals surface area contributed by atoms with Gasteiger partial charge < -0.3 is 14.6 Å². The maximum Gasteiger partial charge on any atom is 0.321 e. The van der Waals surface area contributed by atoms with E-state index in [1.807, 2.05) is 25.1 Å². The van der Waals surface area contributed by atoms with Crippen molar-refractivity contribution in [2.24, 2.45) is 0 Å². The summed E-state index contributed by atoms with van der Waals surface area (Å²) in [6.07, 6.45) is 0. The second-order valence-corrected chi connectivity index (χ2v) is 4.16. The van der Waals surface area contributed by atoms with Crippen LogP contribution in [0.1, 0.15) is 6.92 Å². The fourth-order valence-corrected chi connectivity index (χ4v) is 1.91. The molecule has 0 saturated heterocycles. The highest BCUT2D eigenvalue weighted by Crippen LogP contribution is 2.29. The van der Waals surface area contributed by atoms with Gasteiger partial charge in [-0.2, -0.15) is 4.98 Å². The van der Waals surface area contributed by atoms with Gasteiger partial charge in [0.1, 0.15) is 5.75 Å². The van der Waals surface area contributed by atoms with Crippen LogP contribution in [0.15, 0.2) is 27.2 Å². The second kappa shape index (κ2) is 5.18. The Labute approximate surface area is 107 Å². The topological polar surface area (TPSA) is 60.2 Å². The first kappa shape index (κ1) is 11.9. The Morgan fingerprint density at radius 2 is 2.29 bits per heavy atom. The van der Waals surface area contributed by atoms with Gasteiger partial charge in [0.15, 0.2) is 0 Å². The molecule has 0 amide bonds. The fraction of sp³-hybridized carbons (Fsp3) is 0.273. The molecule has 2 aromatic rings. The minimum absolute atomic E-state index is 0.425. The zero-order valence-electron chi connectivity index (χ0n) is 9.53. The first-order valence-corrected chi connectivity index (χ1v) is 5.95. The number of methoxy groups -OCH3 is 1. The number of halogens is 1. The summed E-state index contributed by atoms with van der Waals surface area (Å²) in [5.74, 6) is 1.31. The number of hydrogen-bond acceptors (Lipinski definition) is 5. The minimum atomic E-state index is 0.425. The molecule has 1 N–H and O–H groups in total. The Bertz CT molecular complexity index is 513. The summed E-state index contributed by atoms with van der Waals surface area (Å²) < 4.78 is 11.0. The van der Waals surface area contributed by atoms with Crippen LogP contribution in [0, 0.1) is 0 Å². The van der Waals surface area contributed by atoms with Gasteiger partial charge >= 0.3 is 6.01 Å². The van der Waals surface area contributed by atoms with Crippen molar-refractivity contribution in [2.75, 3.05) is 19.0 Å². The number of benzene rings is 1. The summed E-state index contributed by atoms with van der Waals surface area (Å²) in [7, 11) is 1.62. The minimum Gasteiger partial charge on any atom is -0.496 e. The van der Waals surface area contributed by atoms with Crippen LogP contribution < -0.4 is 10.1 Å². The first-order chi connectivity index (χ1) is 8.24. The molecule has 17 heavy (non-hydrogen) atoms. The van der Waals surface area contributed by atoms with Gasteiger partial charge in [0.2, 0.25) is 5.82 Å². The lowest BCUT2D eigenvalue weighted by Crippen LogP contribution is -1.95. The summed E-state index contributed by atoms with van der Waals surface area (Å²) >= 11 is 3.42. The van der Waals surface area contributed by atoms with Crippen LogP contribution in [0.3, 0.4) is 0 Å². The molecule has 2 rings (SSSR count). The SMILES string of the molecule is CCNc1nc(-c2ccc(OC)c(Br)c2)no1. The van der Waals surface area contributed by atoms with Crippen molar-refractivity contribution in [1.82, 2.24) is 10.1 Å². The standard InChI is InChI=1S/C11H12BrN3O2/c1-3-13-11-14-10(15-17-11)7-4-5-9(16-2)8(12)6-7/h4-6H,3H2,1-2H3,(H,13,14,15). The van der Waals surface area contributed by atoms with Gasteiger partial charge in [-0.15, -0.1) is 0 Å². The highest BCUT2D eigenvalue weighted by Gasteiger charge is 2.09. The molecule has 90 valence electrons. The Hall–Kier alpha value is -1.56. The summed E-state index contributed by atoms with van der Waals surface area (Å²) in [5, 5.41) is 6.85. The van der Waals surface area contributed by atoms with Crippen molar-refractivity contribution in [3.05, 3.63) is 22.7 Å². The molecule has 0 fully saturated rings. The van der Waals surface area contributed by atoms with E-state index >= 15 is 0 Å². The molecule has 1 heterocycles. The third kappa shape index (κ3) is 2.58. The number of hydrogen-bond donors (Lipinski definition) is 1. The lowest BCUT2D eigenvalue weighted by Gasteiger charge is -2.03. The van der Waals surface area contributed by atoms with Crippen molar-refractivity contribution in [3.8, 4) is 17.1 Å². The van der Waals surface area contributed by atoms with Crippen LogP contribution in [0.5, 0.6) is 5.75 Å². The molecule has 0 unspecified atom stereocenters. The number of nitrogens with one attached hydrogen (secondary N) is 1. The highest BCUT2D eigenvalue weighted by molar-refractivity contribution is 9.10. The van der Waals surface area contributed by atoms with Crippen LogP contribution >= 0.6 is 15.9 Å². The van der Waals surface area contributed by atoms with E-state index in [1.54, 1.807) is 7.11 Å². The van der Waals surface area contributed by atoms with Crippen molar-refractivity contribution in [1.29, 1.82) is 0 Å². The van der Waals surface area contributed by atoms with E-state index in [0.717, 1.165) is 22.3 Å². The van der Waals surface area contributed by atoms with E-state index in [9.17, 15) is 0 Å². The molecule has 6 heteroatoms. The normalized spacial score (nSPS) is 10.3. The van der Waals surface area contributed by atoms with E-state index in [0.29, 0.717) is 11.8 Å². The molecule has 5 nitrogen and oxygen atoms in total. The maximum absolute atomic E-state index is 5.16. The van der Waals surface area contributed by atoms with Gasteiger partial charge in [-0.3, -0.25) is 0 Å². The van der Waals surface area contributed by atoms with Gasteiger partial charge in [0.25, 0.3) is 0 Å². The van der Waals surface area contributed by atoms with Crippen LogP contribution in [0.25, 0.3) is 11.4 Å². The fourth-order valence-electron chi connectivity index (χ4n) is 1.37. The zero-order chi connectivity index (χ0) is 12.3. The molecule has 0 saturated carbocycles. The van der Waals surface area contributed by atoms with Crippen LogP contribution in [-0.4, -0.2) is 23.8 Å². The number of aromatic nitrogens is 2. The highest BCUT2D eigenvalue weighted by atomic mass is 79.9. The predicted molar refractivity (Wildman–Crippen MR) is 68.1 cm³/mol. The maximum atomic E-state index is 5.16. The Morgan fingerprint density at radius 3 is 2.94 bits per heavy atom. The average Bonchev–Trinajstić information content (AvgIpc) is 2.78. The zero-order valence-corrected chi connectivity index (χ0v) is 11.1. The van der Waals surface area contributed by atoms with E-state index in [1.165, 1.54) is 0 Å². The number of nitrogens with zero attached hydrogens (tertiary/aromatic N) is 2. The van der Waals surface area contributed by atoms with Gasteiger partial charge in [0.05, 0.1) is 11.6 Å². The van der Waals surface area contributed by atoms with Crippen LogP contribution in [0.2, 0.25) is 0 Å². The molecule has 0 aliphatic heterocycles. The largest absolute Gasteiger partial charge is 0.496 e. The van der Waals surface area contributed by atoms with E-state index in [4.69, 9.17) is 9.26 Å². The lowest BCUT2D eigenvalue weighted by atomic mass is 10.2. The third-order valence-electron chi connectivity index (χ3n) is 2.16. The Kier molecular flexibility index (Phi) is 3.63. The Balaban J connectivity index is 2.29. The quantitative estimate of drug-likeness (QED) is 0.940. The van der Waals surface area contributed by atoms with Crippen molar-refractivity contribution < 1.29 is 9.26 Å². The molecule has 1 aromatic heterocycles. The molecular formula is C11H12BrN3O2.